The van der Waals surface area contributed by atoms with Crippen molar-refractivity contribution in [3.8, 4) is 11.8 Å². The Labute approximate surface area is 168 Å². The fourth-order valence-corrected chi connectivity index (χ4v) is 2.49. The highest BCUT2D eigenvalue weighted by Gasteiger charge is 2.15. The summed E-state index contributed by atoms with van der Waals surface area (Å²) < 4.78 is 5.60. The second-order valence-electron chi connectivity index (χ2n) is 6.16. The molecule has 0 saturated heterocycles. The number of anilines is 2. The molecule has 2 aromatic carbocycles. The summed E-state index contributed by atoms with van der Waals surface area (Å²) in [5.74, 6) is -0.120. The average Bonchev–Trinajstić information content (AvgIpc) is 2.75. The zero-order valence-electron chi connectivity index (χ0n) is 15.6. The van der Waals surface area contributed by atoms with Crippen LogP contribution in [-0.4, -0.2) is 22.9 Å². The number of carbonyl (C=O) groups excluding carboxylic acids is 2. The number of nitrogens with zero attached hydrogens (tertiary/aromatic N) is 2. The molecule has 144 valence electrons. The lowest BCUT2D eigenvalue weighted by Gasteiger charge is -2.15. The molecule has 1 unspecified atom stereocenters. The molecule has 0 radical (unpaired) electrons. The van der Waals surface area contributed by atoms with E-state index in [4.69, 9.17) is 10.00 Å². The van der Waals surface area contributed by atoms with Gasteiger partial charge >= 0.3 is 0 Å². The molecule has 7 nitrogen and oxygen atoms in total. The van der Waals surface area contributed by atoms with E-state index >= 15 is 0 Å². The quantitative estimate of drug-likeness (QED) is 0.673. The van der Waals surface area contributed by atoms with Crippen LogP contribution < -0.4 is 15.4 Å². The van der Waals surface area contributed by atoms with E-state index in [1.807, 2.05) is 6.07 Å². The van der Waals surface area contributed by atoms with Crippen molar-refractivity contribution in [3.63, 3.8) is 0 Å². The first-order chi connectivity index (χ1) is 14.0. The lowest BCUT2D eigenvalue weighted by Crippen LogP contribution is -2.30. The molecule has 7 heteroatoms. The molecule has 29 heavy (non-hydrogen) atoms. The lowest BCUT2D eigenvalue weighted by molar-refractivity contribution is -0.122. The van der Waals surface area contributed by atoms with E-state index in [-0.39, 0.29) is 11.8 Å². The normalized spacial score (nSPS) is 11.0. The molecule has 1 atom stereocenters. The smallest absolute Gasteiger partial charge is 0.265 e. The monoisotopic (exact) mass is 386 g/mol. The van der Waals surface area contributed by atoms with Gasteiger partial charge in [0.1, 0.15) is 5.75 Å². The number of hydrogen-bond donors (Lipinski definition) is 2. The van der Waals surface area contributed by atoms with Crippen LogP contribution in [0.15, 0.2) is 73.1 Å². The average molecular weight is 386 g/mol. The summed E-state index contributed by atoms with van der Waals surface area (Å²) in [5, 5.41) is 14.4. The number of hydrogen-bond acceptors (Lipinski definition) is 5. The van der Waals surface area contributed by atoms with Crippen LogP contribution in [0.2, 0.25) is 0 Å². The number of pyridine rings is 1. The Morgan fingerprint density at radius 1 is 1.00 bits per heavy atom. The first-order valence-electron chi connectivity index (χ1n) is 8.84. The van der Waals surface area contributed by atoms with Gasteiger partial charge in [0.25, 0.3) is 11.8 Å². The van der Waals surface area contributed by atoms with Crippen LogP contribution in [0.1, 0.15) is 22.8 Å². The zero-order chi connectivity index (χ0) is 20.6. The Kier molecular flexibility index (Phi) is 6.18. The van der Waals surface area contributed by atoms with Gasteiger partial charge in [-0.3, -0.25) is 14.6 Å². The number of benzene rings is 2. The molecule has 2 amide bonds. The van der Waals surface area contributed by atoms with Gasteiger partial charge in [-0.15, -0.1) is 0 Å². The van der Waals surface area contributed by atoms with Gasteiger partial charge in [-0.05, 0) is 61.5 Å². The third-order valence-corrected chi connectivity index (χ3v) is 4.00. The van der Waals surface area contributed by atoms with E-state index in [9.17, 15) is 9.59 Å². The number of nitriles is 1. The van der Waals surface area contributed by atoms with E-state index in [1.165, 1.54) is 0 Å². The number of ether oxygens (including phenoxy) is 1. The Morgan fingerprint density at radius 2 is 1.66 bits per heavy atom. The maximum absolute atomic E-state index is 12.4. The molecule has 0 aliphatic rings. The van der Waals surface area contributed by atoms with Crippen LogP contribution in [0, 0.1) is 11.3 Å². The summed E-state index contributed by atoms with van der Waals surface area (Å²) in [6, 6.07) is 18.6. The second-order valence-corrected chi connectivity index (χ2v) is 6.16. The van der Waals surface area contributed by atoms with Crippen LogP contribution in [-0.2, 0) is 4.79 Å². The third-order valence-electron chi connectivity index (χ3n) is 4.00. The SMILES string of the molecule is CC(Oc1ccc(C#N)cc1)C(=O)Nc1cccc(NC(=O)c2ccncc2)c1. The predicted octanol–water partition coefficient (Wildman–Crippen LogP) is 3.61. The van der Waals surface area contributed by atoms with Crippen molar-refractivity contribution in [2.45, 2.75) is 13.0 Å². The summed E-state index contributed by atoms with van der Waals surface area (Å²) in [7, 11) is 0. The third kappa shape index (κ3) is 5.40. The minimum Gasteiger partial charge on any atom is -0.481 e. The Hall–Kier alpha value is -4.18. The van der Waals surface area contributed by atoms with Gasteiger partial charge in [0, 0.05) is 29.3 Å². The number of aromatic nitrogens is 1. The lowest BCUT2D eigenvalue weighted by atomic mass is 10.2. The molecular formula is C22H18N4O3. The van der Waals surface area contributed by atoms with Crippen LogP contribution in [0.4, 0.5) is 11.4 Å². The molecule has 1 aromatic heterocycles. The molecular weight excluding hydrogens is 368 g/mol. The van der Waals surface area contributed by atoms with E-state index in [2.05, 4.69) is 15.6 Å². The number of amides is 2. The minimum absolute atomic E-state index is 0.270. The van der Waals surface area contributed by atoms with Gasteiger partial charge in [-0.2, -0.15) is 5.26 Å². The summed E-state index contributed by atoms with van der Waals surface area (Å²) >= 11 is 0. The van der Waals surface area contributed by atoms with Crippen molar-refractivity contribution >= 4 is 23.2 Å². The largest absolute Gasteiger partial charge is 0.481 e. The Morgan fingerprint density at radius 3 is 2.31 bits per heavy atom. The highest BCUT2D eigenvalue weighted by atomic mass is 16.5. The highest BCUT2D eigenvalue weighted by molar-refractivity contribution is 6.04. The number of carbonyl (C=O) groups is 2. The molecule has 0 aliphatic carbocycles. The van der Waals surface area contributed by atoms with Crippen molar-refractivity contribution in [2.24, 2.45) is 0 Å². The fraction of sp³-hybridized carbons (Fsp3) is 0.0909. The van der Waals surface area contributed by atoms with Gasteiger partial charge < -0.3 is 15.4 Å². The van der Waals surface area contributed by atoms with Crippen LogP contribution in [0.25, 0.3) is 0 Å². The second kappa shape index (κ2) is 9.15. The number of nitrogens with one attached hydrogen (secondary N) is 2. The van der Waals surface area contributed by atoms with E-state index in [0.29, 0.717) is 28.3 Å². The standard InChI is InChI=1S/C22H18N4O3/c1-15(29-20-7-5-16(14-23)6-8-20)21(27)25-18-3-2-4-19(13-18)26-22(28)17-9-11-24-12-10-17/h2-13,15H,1H3,(H,25,27)(H,26,28). The van der Waals surface area contributed by atoms with Crippen LogP contribution >= 0.6 is 0 Å². The summed E-state index contributed by atoms with van der Waals surface area (Å²) in [6.07, 6.45) is 2.33. The highest BCUT2D eigenvalue weighted by Crippen LogP contribution is 2.18. The Balaban J connectivity index is 1.60. The molecule has 0 fully saturated rings. The molecule has 0 spiro atoms. The molecule has 0 saturated carbocycles. The van der Waals surface area contributed by atoms with E-state index in [1.54, 1.807) is 80.0 Å². The summed E-state index contributed by atoms with van der Waals surface area (Å²) in [6.45, 7) is 1.63. The van der Waals surface area contributed by atoms with E-state index in [0.717, 1.165) is 0 Å². The van der Waals surface area contributed by atoms with Gasteiger partial charge in [0.2, 0.25) is 0 Å². The van der Waals surface area contributed by atoms with Gasteiger partial charge in [-0.25, -0.2) is 0 Å². The molecule has 3 aromatic rings. The van der Waals surface area contributed by atoms with Crippen LogP contribution in [0.3, 0.4) is 0 Å². The van der Waals surface area contributed by atoms with Crippen molar-refractivity contribution in [2.75, 3.05) is 10.6 Å². The van der Waals surface area contributed by atoms with E-state index < -0.39 is 6.10 Å². The molecule has 0 bridgehead atoms. The first-order valence-corrected chi connectivity index (χ1v) is 8.84. The maximum atomic E-state index is 12.4. The van der Waals surface area contributed by atoms with Gasteiger partial charge in [0.15, 0.2) is 6.10 Å². The molecule has 0 aliphatic heterocycles. The number of rotatable bonds is 6. The predicted molar refractivity (Wildman–Crippen MR) is 109 cm³/mol. The zero-order valence-corrected chi connectivity index (χ0v) is 15.6. The van der Waals surface area contributed by atoms with Gasteiger partial charge in [0.05, 0.1) is 11.6 Å². The Bertz CT molecular complexity index is 1040. The summed E-state index contributed by atoms with van der Waals surface area (Å²) in [5.41, 5.74) is 2.07. The first kappa shape index (κ1) is 19.6. The van der Waals surface area contributed by atoms with Crippen molar-refractivity contribution in [1.82, 2.24) is 4.98 Å². The maximum Gasteiger partial charge on any atom is 0.265 e. The van der Waals surface area contributed by atoms with Crippen molar-refractivity contribution < 1.29 is 14.3 Å². The topological polar surface area (TPSA) is 104 Å². The minimum atomic E-state index is -0.752. The summed E-state index contributed by atoms with van der Waals surface area (Å²) in [4.78, 5) is 28.5. The molecule has 2 N–H and O–H groups in total. The van der Waals surface area contributed by atoms with Crippen LogP contribution in [0.5, 0.6) is 5.75 Å². The van der Waals surface area contributed by atoms with Crippen molar-refractivity contribution in [1.29, 1.82) is 5.26 Å². The van der Waals surface area contributed by atoms with Crippen molar-refractivity contribution in [3.05, 3.63) is 84.2 Å². The van der Waals surface area contributed by atoms with Gasteiger partial charge in [-0.1, -0.05) is 6.07 Å². The molecule has 3 rings (SSSR count). The fourth-order valence-electron chi connectivity index (χ4n) is 2.49. The molecule has 1 heterocycles.